The number of nitrogens with one attached hydrogen (secondary N) is 9. The molecule has 2 aromatic carbocycles. The molecule has 4 rings (SSSR count). The van der Waals surface area contributed by atoms with E-state index in [0.717, 1.165) is 17.8 Å². The number of aliphatic imine (C=N–C) groups is 2. The average molecular weight is 1040 g/mol. The normalized spacial score (nSPS) is 21.0. The second kappa shape index (κ2) is 29.7. The van der Waals surface area contributed by atoms with E-state index in [2.05, 4.69) is 57.5 Å². The van der Waals surface area contributed by atoms with Gasteiger partial charge in [0.25, 0.3) is 0 Å². The summed E-state index contributed by atoms with van der Waals surface area (Å²) >= 11 is 0. The highest BCUT2D eigenvalue weighted by Gasteiger charge is 2.35. The lowest BCUT2D eigenvalue weighted by molar-refractivity contribution is -0.137. The number of aromatic amines is 1. The molecule has 1 saturated heterocycles. The van der Waals surface area contributed by atoms with E-state index in [1.54, 1.807) is 42.6 Å². The van der Waals surface area contributed by atoms with Crippen LogP contribution in [0.2, 0.25) is 0 Å². The van der Waals surface area contributed by atoms with Crippen LogP contribution in [0, 0.1) is 0 Å². The Bertz CT molecular complexity index is 2560. The van der Waals surface area contributed by atoms with E-state index in [9.17, 15) is 47.9 Å². The van der Waals surface area contributed by atoms with Crippen molar-refractivity contribution in [2.75, 3.05) is 19.6 Å². The molecule has 1 fully saturated rings. The van der Waals surface area contributed by atoms with Crippen LogP contribution in [0.4, 0.5) is 0 Å². The molecule has 7 atom stereocenters. The number of para-hydroxylation sites is 1. The first-order chi connectivity index (χ1) is 35.7. The average Bonchev–Trinajstić information content (AvgIpc) is 3.76. The van der Waals surface area contributed by atoms with Crippen molar-refractivity contribution >= 4 is 81.9 Å². The fourth-order valence-electron chi connectivity index (χ4n) is 8.08. The van der Waals surface area contributed by atoms with Crippen molar-refractivity contribution in [3.05, 3.63) is 71.9 Å². The number of carbonyl (C=O) groups excluding carboxylic acids is 10. The molecule has 75 heavy (non-hydrogen) atoms. The van der Waals surface area contributed by atoms with Gasteiger partial charge in [0, 0.05) is 56.5 Å². The Morgan fingerprint density at radius 1 is 0.680 bits per heavy atom. The second-order valence-electron chi connectivity index (χ2n) is 17.9. The zero-order valence-corrected chi connectivity index (χ0v) is 41.7. The van der Waals surface area contributed by atoms with Crippen LogP contribution in [0.1, 0.15) is 75.8 Å². The maximum Gasteiger partial charge on any atom is 0.243 e. The fourth-order valence-corrected chi connectivity index (χ4v) is 8.08. The van der Waals surface area contributed by atoms with Crippen molar-refractivity contribution < 1.29 is 47.9 Å². The zero-order chi connectivity index (χ0) is 55.0. The number of fused-ring (bicyclic) bond motifs is 1. The number of hydrogen-bond donors (Lipinski definition) is 15. The van der Waals surface area contributed by atoms with Gasteiger partial charge in [-0.25, -0.2) is 0 Å². The van der Waals surface area contributed by atoms with Crippen LogP contribution in [0.3, 0.4) is 0 Å². The molecule has 1 aromatic heterocycles. The Hall–Kier alpha value is -8.78. The van der Waals surface area contributed by atoms with E-state index in [4.69, 9.17) is 34.4 Å². The zero-order valence-electron chi connectivity index (χ0n) is 41.7. The Labute approximate surface area is 432 Å². The highest BCUT2D eigenvalue weighted by Crippen LogP contribution is 2.20. The molecule has 1 aliphatic rings. The van der Waals surface area contributed by atoms with Gasteiger partial charge in [0.15, 0.2) is 11.9 Å². The van der Waals surface area contributed by atoms with Gasteiger partial charge in [0.05, 0.1) is 12.8 Å². The summed E-state index contributed by atoms with van der Waals surface area (Å²) in [6, 6.07) is 5.27. The molecule has 2 heterocycles. The smallest absolute Gasteiger partial charge is 0.243 e. The van der Waals surface area contributed by atoms with Gasteiger partial charge in [-0.05, 0) is 62.1 Å². The highest BCUT2D eigenvalue weighted by molar-refractivity contribution is 6.00. The van der Waals surface area contributed by atoms with Gasteiger partial charge >= 0.3 is 0 Å². The summed E-state index contributed by atoms with van der Waals surface area (Å²) in [5.74, 6) is -9.46. The third-order valence-corrected chi connectivity index (χ3v) is 11.8. The molecule has 0 spiro atoms. The third kappa shape index (κ3) is 20.3. The van der Waals surface area contributed by atoms with Crippen LogP contribution in [-0.4, -0.2) is 138 Å². The molecule has 0 saturated carbocycles. The lowest BCUT2D eigenvalue weighted by Crippen LogP contribution is -2.61. The molecule has 406 valence electrons. The SMILES string of the molecule is CC(=O)N[C@@H](CCCN=C(N)N)C(=O)N[C@H]1CC(=O)NCCCCC(C(N)=O)NC(=O)[C@H](Cc2c[nH]c3ccccc23)NC(=O)[C@H](CCCN=C(N)N)NC(=O)[C@@H](Cc2ccccc2)NC(=O)[C@H](CC(N)=O)NC1=O. The minimum Gasteiger partial charge on any atom is -0.370 e. The molecule has 1 unspecified atom stereocenters. The third-order valence-electron chi connectivity index (χ3n) is 11.8. The van der Waals surface area contributed by atoms with E-state index in [0.29, 0.717) is 11.1 Å². The number of benzene rings is 2. The Morgan fingerprint density at radius 2 is 1.27 bits per heavy atom. The summed E-state index contributed by atoms with van der Waals surface area (Å²) < 4.78 is 0. The van der Waals surface area contributed by atoms with Gasteiger partial charge in [0.2, 0.25) is 59.1 Å². The number of guanidine groups is 2. The summed E-state index contributed by atoms with van der Waals surface area (Å²) in [4.78, 5) is 148. The van der Waals surface area contributed by atoms with Crippen LogP contribution in [0.25, 0.3) is 10.9 Å². The van der Waals surface area contributed by atoms with Crippen molar-refractivity contribution in [1.29, 1.82) is 0 Å². The number of aromatic nitrogens is 1. The Balaban J connectivity index is 1.78. The van der Waals surface area contributed by atoms with Crippen LogP contribution in [0.15, 0.2) is 70.8 Å². The van der Waals surface area contributed by atoms with Gasteiger partial charge in [-0.15, -0.1) is 0 Å². The summed E-state index contributed by atoms with van der Waals surface area (Å²) in [5, 5.41) is 21.3. The number of primary amides is 2. The summed E-state index contributed by atoms with van der Waals surface area (Å²) in [5.41, 5.74) is 35.2. The Kier molecular flexibility index (Phi) is 23.3. The first-order valence-electron chi connectivity index (χ1n) is 24.3. The molecule has 21 N–H and O–H groups in total. The maximum absolute atomic E-state index is 14.5. The minimum absolute atomic E-state index is 0.00589. The minimum atomic E-state index is -1.81. The fraction of sp³-hybridized carbons (Fsp3) is 0.458. The second-order valence-corrected chi connectivity index (χ2v) is 17.9. The monoisotopic (exact) mass is 1040 g/mol. The van der Waals surface area contributed by atoms with Crippen LogP contribution in [0.5, 0.6) is 0 Å². The number of nitrogens with two attached hydrogens (primary N) is 6. The highest BCUT2D eigenvalue weighted by atomic mass is 16.2. The van der Waals surface area contributed by atoms with Crippen molar-refractivity contribution in [3.8, 4) is 0 Å². The molecule has 1 aliphatic heterocycles. The number of H-pyrrole nitrogens is 1. The number of nitrogens with zero attached hydrogens (tertiary/aromatic N) is 2. The molecule has 27 nitrogen and oxygen atoms in total. The first-order valence-corrected chi connectivity index (χ1v) is 24.3. The van der Waals surface area contributed by atoms with Gasteiger partial charge < -0.3 is 81.9 Å². The largest absolute Gasteiger partial charge is 0.370 e. The Morgan fingerprint density at radius 3 is 1.92 bits per heavy atom. The molecule has 0 radical (unpaired) electrons. The molecular formula is C48H69N17O10. The van der Waals surface area contributed by atoms with Crippen LogP contribution < -0.4 is 76.9 Å². The van der Waals surface area contributed by atoms with Gasteiger partial charge in [-0.2, -0.15) is 0 Å². The van der Waals surface area contributed by atoms with Crippen molar-refractivity contribution in [2.45, 2.75) is 120 Å². The number of amides is 10. The van der Waals surface area contributed by atoms with Gasteiger partial charge in [-0.1, -0.05) is 48.5 Å². The van der Waals surface area contributed by atoms with E-state index in [1.165, 1.54) is 0 Å². The lowest BCUT2D eigenvalue weighted by atomic mass is 10.0. The number of hydrogen-bond acceptors (Lipinski definition) is 12. The van der Waals surface area contributed by atoms with E-state index >= 15 is 0 Å². The van der Waals surface area contributed by atoms with Crippen molar-refractivity contribution in [3.63, 3.8) is 0 Å². The van der Waals surface area contributed by atoms with E-state index in [-0.39, 0.29) is 89.3 Å². The quantitative estimate of drug-likeness (QED) is 0.0325. The predicted molar refractivity (Wildman–Crippen MR) is 276 cm³/mol. The van der Waals surface area contributed by atoms with Crippen LogP contribution in [-0.2, 0) is 60.8 Å². The van der Waals surface area contributed by atoms with Crippen molar-refractivity contribution in [2.24, 2.45) is 44.4 Å². The van der Waals surface area contributed by atoms with E-state index < -0.39 is 114 Å². The molecular weight excluding hydrogens is 975 g/mol. The molecule has 3 aromatic rings. The first kappa shape index (κ1) is 58.8. The van der Waals surface area contributed by atoms with E-state index in [1.807, 2.05) is 18.2 Å². The number of carbonyl (C=O) groups is 10. The molecule has 27 heteroatoms. The molecule has 0 bridgehead atoms. The lowest BCUT2D eigenvalue weighted by Gasteiger charge is -2.27. The maximum atomic E-state index is 14.5. The van der Waals surface area contributed by atoms with Gasteiger partial charge in [-0.3, -0.25) is 57.9 Å². The number of rotatable bonds is 18. The molecule has 10 amide bonds. The topological polar surface area (TPSA) is 464 Å². The van der Waals surface area contributed by atoms with Crippen molar-refractivity contribution in [1.82, 2.24) is 47.5 Å². The molecule has 0 aliphatic carbocycles. The standard InChI is InChI=1S/C48H69N17O10/c1-26(66)59-32(16-9-19-56-47(51)52)41(70)65-37-24-39(68)55-18-8-7-15-31(40(50)69)60-44(73)35(22-28-25-58-30-14-6-5-13-29(28)30)63-42(71)33(17-10-20-57-48(53)54)61-43(72)34(21-27-11-3-2-4-12-27)62-45(74)36(23-38(49)67)64-46(37)75/h2-6,11-14,25,31-37,58H,7-10,15-24H2,1H3,(H2,49,67)(H2,50,69)(H,55,68)(H,59,66)(H,60,73)(H,61,72)(H,62,74)(H,63,71)(H,64,75)(H,65,70)(H4,51,52,56)(H4,53,54,57)/t31?,32-,33-,34+,35-,36-,37-/m0/s1. The summed E-state index contributed by atoms with van der Waals surface area (Å²) in [7, 11) is 0. The van der Waals surface area contributed by atoms with Crippen LogP contribution >= 0.6 is 0 Å². The summed E-state index contributed by atoms with van der Waals surface area (Å²) in [6.07, 6.45) is 0.438. The van der Waals surface area contributed by atoms with Gasteiger partial charge in [0.1, 0.15) is 42.3 Å². The summed E-state index contributed by atoms with van der Waals surface area (Å²) in [6.45, 7) is 1.24. The predicted octanol–water partition coefficient (Wildman–Crippen LogP) is -4.48.